The van der Waals surface area contributed by atoms with Gasteiger partial charge in [-0.15, -0.1) is 16.7 Å². The fourth-order valence-corrected chi connectivity index (χ4v) is 2.43. The Morgan fingerprint density at radius 2 is 2.06 bits per heavy atom. The highest BCUT2D eigenvalue weighted by Crippen LogP contribution is 2.35. The number of rotatable bonds is 4. The van der Waals surface area contributed by atoms with E-state index in [9.17, 15) is 0 Å². The summed E-state index contributed by atoms with van der Waals surface area (Å²) in [7, 11) is 0. The molecule has 0 aliphatic heterocycles. The molecule has 1 N–H and O–H groups in total. The highest BCUT2D eigenvalue weighted by atomic mass is 35.5. The van der Waals surface area contributed by atoms with Crippen molar-refractivity contribution in [3.8, 4) is 0 Å². The molecule has 1 heterocycles. The van der Waals surface area contributed by atoms with E-state index in [4.69, 9.17) is 16.0 Å². The first-order chi connectivity index (χ1) is 8.09. The predicted molar refractivity (Wildman–Crippen MR) is 68.2 cm³/mol. The zero-order valence-electron chi connectivity index (χ0n) is 10.5. The molecule has 1 saturated carbocycles. The molecule has 1 atom stereocenters. The third-order valence-electron chi connectivity index (χ3n) is 3.51. The van der Waals surface area contributed by atoms with Crippen LogP contribution in [0, 0.1) is 5.41 Å². The van der Waals surface area contributed by atoms with Gasteiger partial charge in [0.2, 0.25) is 5.89 Å². The largest absolute Gasteiger partial charge is 0.407 e. The number of nitrogens with one attached hydrogen (secondary N) is 1. The second-order valence-electron chi connectivity index (χ2n) is 5.29. The lowest BCUT2D eigenvalue weighted by Gasteiger charge is -2.33. The summed E-state index contributed by atoms with van der Waals surface area (Å²) in [5.74, 6) is 0.475. The number of hydrogen-bond acceptors (Lipinski definition) is 4. The third-order valence-corrected chi connectivity index (χ3v) is 3.69. The summed E-state index contributed by atoms with van der Waals surface area (Å²) >= 11 is 5.87. The van der Waals surface area contributed by atoms with Crippen LogP contribution in [0.1, 0.15) is 57.2 Å². The first-order valence-electron chi connectivity index (χ1n) is 6.30. The van der Waals surface area contributed by atoms with E-state index in [0.717, 1.165) is 6.54 Å². The number of halogens is 1. The molecule has 2 rings (SSSR count). The number of anilines is 1. The second-order valence-corrected chi connectivity index (χ2v) is 5.94. The maximum Gasteiger partial charge on any atom is 0.315 e. The van der Waals surface area contributed by atoms with Crippen LogP contribution in [0.5, 0.6) is 0 Å². The van der Waals surface area contributed by atoms with Crippen LogP contribution < -0.4 is 5.32 Å². The minimum absolute atomic E-state index is 0.233. The predicted octanol–water partition coefficient (Wildman–Crippen LogP) is 3.75. The molecule has 1 aromatic heterocycles. The van der Waals surface area contributed by atoms with Gasteiger partial charge < -0.3 is 9.73 Å². The summed E-state index contributed by atoms with van der Waals surface area (Å²) < 4.78 is 5.42. The van der Waals surface area contributed by atoms with Gasteiger partial charge >= 0.3 is 6.01 Å². The van der Waals surface area contributed by atoms with Gasteiger partial charge in [-0.2, -0.15) is 0 Å². The minimum Gasteiger partial charge on any atom is -0.407 e. The van der Waals surface area contributed by atoms with Gasteiger partial charge in [-0.1, -0.05) is 31.3 Å². The highest BCUT2D eigenvalue weighted by molar-refractivity contribution is 6.20. The molecule has 0 spiro atoms. The molecular weight excluding hydrogens is 238 g/mol. The minimum atomic E-state index is -0.233. The molecule has 4 nitrogen and oxygen atoms in total. The van der Waals surface area contributed by atoms with Gasteiger partial charge in [-0.05, 0) is 25.2 Å². The Kier molecular flexibility index (Phi) is 3.92. The van der Waals surface area contributed by atoms with Crippen molar-refractivity contribution in [1.29, 1.82) is 0 Å². The van der Waals surface area contributed by atoms with E-state index >= 15 is 0 Å². The summed E-state index contributed by atoms with van der Waals surface area (Å²) in [5.41, 5.74) is 0.361. The normalized spacial score (nSPS) is 21.1. The molecule has 0 aromatic carbocycles. The standard InChI is InChI=1S/C12H20ClN3O/c1-9(13)10-15-16-11(17-10)14-8-12(2)6-4-3-5-7-12/h9H,3-8H2,1-2H3,(H,14,16). The van der Waals surface area contributed by atoms with Crippen LogP contribution in [0.15, 0.2) is 4.42 Å². The van der Waals surface area contributed by atoms with Crippen molar-refractivity contribution in [1.82, 2.24) is 10.2 Å². The van der Waals surface area contributed by atoms with Crippen LogP contribution in [-0.2, 0) is 0 Å². The molecule has 96 valence electrons. The van der Waals surface area contributed by atoms with Crippen LogP contribution >= 0.6 is 11.6 Å². The zero-order valence-corrected chi connectivity index (χ0v) is 11.3. The molecule has 0 radical (unpaired) electrons. The lowest BCUT2D eigenvalue weighted by Crippen LogP contribution is -2.28. The van der Waals surface area contributed by atoms with E-state index in [1.807, 2.05) is 6.92 Å². The van der Waals surface area contributed by atoms with Crippen molar-refractivity contribution >= 4 is 17.6 Å². The second kappa shape index (κ2) is 5.25. The Morgan fingerprint density at radius 1 is 1.35 bits per heavy atom. The molecule has 0 saturated heterocycles. The Hall–Kier alpha value is -0.770. The van der Waals surface area contributed by atoms with E-state index in [1.54, 1.807) is 0 Å². The Bertz CT molecular complexity index is 358. The molecule has 0 amide bonds. The van der Waals surface area contributed by atoms with E-state index in [1.165, 1.54) is 32.1 Å². The molecule has 1 unspecified atom stereocenters. The van der Waals surface area contributed by atoms with Gasteiger partial charge in [0.1, 0.15) is 5.38 Å². The molecule has 5 heteroatoms. The van der Waals surface area contributed by atoms with E-state index in [-0.39, 0.29) is 5.38 Å². The first-order valence-corrected chi connectivity index (χ1v) is 6.74. The van der Waals surface area contributed by atoms with Gasteiger partial charge in [-0.3, -0.25) is 0 Å². The van der Waals surface area contributed by atoms with Gasteiger partial charge in [0, 0.05) is 6.54 Å². The van der Waals surface area contributed by atoms with Crippen LogP contribution in [-0.4, -0.2) is 16.7 Å². The zero-order chi connectivity index (χ0) is 12.3. The summed E-state index contributed by atoms with van der Waals surface area (Å²) in [6, 6.07) is 0.485. The molecule has 1 aromatic rings. The lowest BCUT2D eigenvalue weighted by molar-refractivity contribution is 0.231. The van der Waals surface area contributed by atoms with Crippen molar-refractivity contribution < 1.29 is 4.42 Å². The lowest BCUT2D eigenvalue weighted by atomic mass is 9.76. The van der Waals surface area contributed by atoms with Gasteiger partial charge in [0.25, 0.3) is 0 Å². The SMILES string of the molecule is CC(Cl)c1nnc(NCC2(C)CCCCC2)o1. The molecule has 0 bridgehead atoms. The van der Waals surface area contributed by atoms with Crippen LogP contribution in [0.25, 0.3) is 0 Å². The highest BCUT2D eigenvalue weighted by Gasteiger charge is 2.27. The van der Waals surface area contributed by atoms with Gasteiger partial charge in [0.15, 0.2) is 0 Å². The summed E-state index contributed by atoms with van der Waals surface area (Å²) in [6.45, 7) is 5.03. The van der Waals surface area contributed by atoms with Crippen molar-refractivity contribution in [2.45, 2.75) is 51.3 Å². The van der Waals surface area contributed by atoms with Crippen molar-refractivity contribution in [2.24, 2.45) is 5.41 Å². The Morgan fingerprint density at radius 3 is 2.65 bits per heavy atom. The van der Waals surface area contributed by atoms with E-state index < -0.39 is 0 Å². The summed E-state index contributed by atoms with van der Waals surface area (Å²) in [6.07, 6.45) is 6.56. The number of nitrogens with zero attached hydrogens (tertiary/aromatic N) is 2. The van der Waals surface area contributed by atoms with Crippen LogP contribution in [0.4, 0.5) is 6.01 Å². The van der Waals surface area contributed by atoms with Crippen molar-refractivity contribution in [3.05, 3.63) is 5.89 Å². The topological polar surface area (TPSA) is 51.0 Å². The van der Waals surface area contributed by atoms with Crippen LogP contribution in [0.3, 0.4) is 0 Å². The van der Waals surface area contributed by atoms with E-state index in [0.29, 0.717) is 17.3 Å². The molecule has 1 aliphatic carbocycles. The maximum atomic E-state index is 5.87. The fourth-order valence-electron chi connectivity index (χ4n) is 2.34. The molecular formula is C12H20ClN3O. The average molecular weight is 258 g/mol. The monoisotopic (exact) mass is 257 g/mol. The van der Waals surface area contributed by atoms with Crippen LogP contribution in [0.2, 0.25) is 0 Å². The number of aromatic nitrogens is 2. The Balaban J connectivity index is 1.88. The summed E-state index contributed by atoms with van der Waals surface area (Å²) in [4.78, 5) is 0. The Labute approximate surface area is 107 Å². The van der Waals surface area contributed by atoms with Gasteiger partial charge in [-0.25, -0.2) is 0 Å². The summed E-state index contributed by atoms with van der Waals surface area (Å²) in [5, 5.41) is 10.8. The van der Waals surface area contributed by atoms with Crippen molar-refractivity contribution in [3.63, 3.8) is 0 Å². The first kappa shape index (κ1) is 12.7. The number of hydrogen-bond donors (Lipinski definition) is 1. The maximum absolute atomic E-state index is 5.87. The quantitative estimate of drug-likeness (QED) is 0.835. The third kappa shape index (κ3) is 3.35. The van der Waals surface area contributed by atoms with E-state index in [2.05, 4.69) is 22.4 Å². The van der Waals surface area contributed by atoms with Gasteiger partial charge in [0.05, 0.1) is 0 Å². The molecule has 1 aliphatic rings. The number of alkyl halides is 1. The molecule has 1 fully saturated rings. The average Bonchev–Trinajstić information content (AvgIpc) is 2.76. The fraction of sp³-hybridized carbons (Fsp3) is 0.833. The molecule has 17 heavy (non-hydrogen) atoms. The van der Waals surface area contributed by atoms with Crippen molar-refractivity contribution in [2.75, 3.05) is 11.9 Å². The smallest absolute Gasteiger partial charge is 0.315 e.